The van der Waals surface area contributed by atoms with Crippen molar-refractivity contribution in [2.45, 2.75) is 53.3 Å². The van der Waals surface area contributed by atoms with Crippen molar-refractivity contribution in [3.05, 3.63) is 70.5 Å². The third-order valence-corrected chi connectivity index (χ3v) is 6.61. The molecule has 2 aromatic heterocycles. The third-order valence-electron chi connectivity index (χ3n) is 6.61. The van der Waals surface area contributed by atoms with E-state index in [-0.39, 0.29) is 18.2 Å². The third kappa shape index (κ3) is 5.77. The molecule has 208 valence electrons. The molecule has 1 aliphatic heterocycles. The van der Waals surface area contributed by atoms with Crippen LogP contribution in [0, 0.1) is 13.8 Å². The van der Waals surface area contributed by atoms with Gasteiger partial charge in [0.05, 0.1) is 31.7 Å². The quantitative estimate of drug-likeness (QED) is 0.236. The average Bonchev–Trinajstić information content (AvgIpc) is 3.46. The fourth-order valence-electron chi connectivity index (χ4n) is 4.97. The number of rotatable bonds is 8. The van der Waals surface area contributed by atoms with Crippen LogP contribution in [-0.4, -0.2) is 34.6 Å². The van der Waals surface area contributed by atoms with Gasteiger partial charge in [-0.2, -0.15) is 9.61 Å². The molecule has 0 unspecified atom stereocenters. The Hall–Kier alpha value is -3.50. The average molecular weight is 563 g/mol. The van der Waals surface area contributed by atoms with Gasteiger partial charge in [0.1, 0.15) is 17.3 Å². The minimum Gasteiger partial charge on any atom is -0.497 e. The highest BCUT2D eigenvalue weighted by molar-refractivity contribution is 5.85. The zero-order valence-corrected chi connectivity index (χ0v) is 22.9. The molecule has 0 saturated heterocycles. The Morgan fingerprint density at radius 1 is 1.05 bits per heavy atom. The number of methoxy groups -OCH3 is 1. The molecule has 11 heteroatoms. The predicted molar refractivity (Wildman–Crippen MR) is 145 cm³/mol. The van der Waals surface area contributed by atoms with Gasteiger partial charge in [-0.25, -0.2) is 4.98 Å². The highest BCUT2D eigenvalue weighted by Gasteiger charge is 2.31. The number of hydrogen-bond donors (Lipinski definition) is 0. The summed E-state index contributed by atoms with van der Waals surface area (Å²) in [5, 5.41) is 4.93. The van der Waals surface area contributed by atoms with Gasteiger partial charge in [-0.3, -0.25) is 0 Å². The first-order valence-corrected chi connectivity index (χ1v) is 12.4. The van der Waals surface area contributed by atoms with Crippen molar-refractivity contribution in [1.82, 2.24) is 14.6 Å². The predicted octanol–water partition coefficient (Wildman–Crippen LogP) is 6.79. The van der Waals surface area contributed by atoms with Gasteiger partial charge in [0, 0.05) is 24.2 Å². The fraction of sp³-hybridized carbons (Fsp3) is 0.357. The first-order valence-electron chi connectivity index (χ1n) is 12.4. The molecule has 1 aliphatic rings. The highest BCUT2D eigenvalue weighted by atomic mass is 35.5. The topological polar surface area (TPSA) is 61.1 Å². The summed E-state index contributed by atoms with van der Waals surface area (Å²) in [6.45, 7) is 8.11. The zero-order valence-electron chi connectivity index (χ0n) is 22.1. The molecular formula is C28H30ClF3N4O3. The van der Waals surface area contributed by atoms with E-state index in [9.17, 15) is 13.2 Å². The number of anilines is 1. The number of alkyl halides is 3. The van der Waals surface area contributed by atoms with Crippen LogP contribution in [0.1, 0.15) is 41.4 Å². The highest BCUT2D eigenvalue weighted by Crippen LogP contribution is 2.37. The Bertz CT molecular complexity index is 1470. The van der Waals surface area contributed by atoms with Gasteiger partial charge in [0.25, 0.3) is 0 Å². The van der Waals surface area contributed by atoms with E-state index < -0.39 is 6.36 Å². The van der Waals surface area contributed by atoms with Crippen LogP contribution in [-0.2, 0) is 24.5 Å². The number of nitrogens with zero attached hydrogens (tertiary/aromatic N) is 4. The molecule has 7 nitrogen and oxygen atoms in total. The molecule has 0 radical (unpaired) electrons. The summed E-state index contributed by atoms with van der Waals surface area (Å²) in [5.41, 5.74) is 7.31. The van der Waals surface area contributed by atoms with Crippen LogP contribution in [0.4, 0.5) is 19.0 Å². The van der Waals surface area contributed by atoms with Crippen LogP contribution in [0.3, 0.4) is 0 Å². The second-order valence-electron chi connectivity index (χ2n) is 9.34. The maximum atomic E-state index is 12.6. The van der Waals surface area contributed by atoms with E-state index in [0.29, 0.717) is 26.3 Å². The Labute approximate surface area is 230 Å². The summed E-state index contributed by atoms with van der Waals surface area (Å²) in [4.78, 5) is 7.18. The normalized spacial score (nSPS) is 12.8. The van der Waals surface area contributed by atoms with Crippen LogP contribution < -0.4 is 14.4 Å². The number of ether oxygens (including phenoxy) is 3. The van der Waals surface area contributed by atoms with Crippen molar-refractivity contribution in [2.75, 3.05) is 18.6 Å². The van der Waals surface area contributed by atoms with E-state index in [1.54, 1.807) is 19.2 Å². The second kappa shape index (κ2) is 11.3. The summed E-state index contributed by atoms with van der Waals surface area (Å²) < 4.78 is 54.9. The molecule has 4 aromatic rings. The first-order chi connectivity index (χ1) is 18.2. The Morgan fingerprint density at radius 2 is 1.77 bits per heavy atom. The number of aromatic nitrogens is 3. The zero-order chi connectivity index (χ0) is 27.0. The van der Waals surface area contributed by atoms with Crippen LogP contribution in [0.5, 0.6) is 11.5 Å². The molecule has 2 aromatic carbocycles. The van der Waals surface area contributed by atoms with Gasteiger partial charge in [-0.1, -0.05) is 25.1 Å². The van der Waals surface area contributed by atoms with E-state index in [0.717, 1.165) is 62.8 Å². The van der Waals surface area contributed by atoms with Crippen LogP contribution >= 0.6 is 12.4 Å². The van der Waals surface area contributed by atoms with E-state index in [4.69, 9.17) is 19.6 Å². The lowest BCUT2D eigenvalue weighted by Gasteiger charge is -2.27. The molecular weight excluding hydrogens is 533 g/mol. The van der Waals surface area contributed by atoms with Gasteiger partial charge in [0.15, 0.2) is 5.65 Å². The van der Waals surface area contributed by atoms with Crippen molar-refractivity contribution < 1.29 is 27.4 Å². The smallest absolute Gasteiger partial charge is 0.497 e. The van der Waals surface area contributed by atoms with Gasteiger partial charge >= 0.3 is 6.36 Å². The summed E-state index contributed by atoms with van der Waals surface area (Å²) in [5.74, 6) is 1.43. The van der Waals surface area contributed by atoms with Gasteiger partial charge in [0.2, 0.25) is 0 Å². The van der Waals surface area contributed by atoms with Crippen LogP contribution in [0.2, 0.25) is 0 Å². The fourth-order valence-corrected chi connectivity index (χ4v) is 4.97. The number of aryl methyl sites for hydroxylation is 2. The van der Waals surface area contributed by atoms with Crippen molar-refractivity contribution in [2.24, 2.45) is 0 Å². The molecule has 5 rings (SSSR count). The van der Waals surface area contributed by atoms with Crippen molar-refractivity contribution in [1.29, 1.82) is 0 Å². The van der Waals surface area contributed by atoms with E-state index in [2.05, 4.69) is 16.6 Å². The van der Waals surface area contributed by atoms with Crippen molar-refractivity contribution in [3.63, 3.8) is 0 Å². The van der Waals surface area contributed by atoms with Crippen LogP contribution in [0.25, 0.3) is 16.8 Å². The molecule has 0 N–H and O–H groups in total. The van der Waals surface area contributed by atoms with Crippen molar-refractivity contribution in [3.8, 4) is 22.6 Å². The Morgan fingerprint density at radius 3 is 2.41 bits per heavy atom. The maximum absolute atomic E-state index is 12.6. The largest absolute Gasteiger partial charge is 0.573 e. The lowest BCUT2D eigenvalue weighted by atomic mass is 10.0. The van der Waals surface area contributed by atoms with Gasteiger partial charge in [-0.15, -0.1) is 25.6 Å². The lowest BCUT2D eigenvalue weighted by molar-refractivity contribution is -0.274. The molecule has 0 atom stereocenters. The van der Waals surface area contributed by atoms with Gasteiger partial charge in [-0.05, 0) is 61.2 Å². The number of fused-ring (bicyclic) bond motifs is 2. The molecule has 0 aliphatic carbocycles. The van der Waals surface area contributed by atoms with E-state index >= 15 is 0 Å². The van der Waals surface area contributed by atoms with Crippen LogP contribution in [0.15, 0.2) is 42.5 Å². The molecule has 0 saturated carbocycles. The Balaban J connectivity index is 0.00000353. The number of halogens is 4. The molecule has 3 heterocycles. The van der Waals surface area contributed by atoms with E-state index in [1.165, 1.54) is 12.1 Å². The van der Waals surface area contributed by atoms with E-state index in [1.807, 2.05) is 36.6 Å². The minimum atomic E-state index is -4.73. The Kier molecular flexibility index (Phi) is 8.27. The maximum Gasteiger partial charge on any atom is 0.573 e. The molecule has 39 heavy (non-hydrogen) atoms. The SMILES string of the molecule is CCCN(Cc1ccc(OC(F)(F)F)cc1)c1c2c(nc3c(-c4ccc(OC)cc4C)c(C)nn13)COC2.Cl. The van der Waals surface area contributed by atoms with Crippen molar-refractivity contribution >= 4 is 23.9 Å². The molecule has 0 spiro atoms. The summed E-state index contributed by atoms with van der Waals surface area (Å²) in [7, 11) is 1.64. The molecule has 0 fully saturated rings. The molecule has 0 amide bonds. The minimum absolute atomic E-state index is 0. The lowest BCUT2D eigenvalue weighted by Crippen LogP contribution is -2.27. The summed E-state index contributed by atoms with van der Waals surface area (Å²) in [6.07, 6.45) is -3.86. The van der Waals surface area contributed by atoms with Gasteiger partial charge < -0.3 is 19.1 Å². The summed E-state index contributed by atoms with van der Waals surface area (Å²) >= 11 is 0. The number of benzene rings is 2. The standard InChI is InChI=1S/C28H29F3N4O3.ClH/c1-5-12-34(14-19-6-8-20(9-7-19)38-28(29,30)31)27-23-15-37-16-24(23)32-26-25(18(3)33-35(26)27)22-11-10-21(36-4)13-17(22)2;/h6-11,13H,5,12,14-16H2,1-4H3;1H. The second-order valence-corrected chi connectivity index (χ2v) is 9.34. The molecule has 0 bridgehead atoms. The monoisotopic (exact) mass is 562 g/mol. The first kappa shape index (κ1) is 28.5. The summed E-state index contributed by atoms with van der Waals surface area (Å²) in [6, 6.07) is 11.9. The number of hydrogen-bond acceptors (Lipinski definition) is 6.